The van der Waals surface area contributed by atoms with E-state index in [0.717, 1.165) is 11.1 Å². The second-order valence-electron chi connectivity index (χ2n) is 6.82. The van der Waals surface area contributed by atoms with Crippen LogP contribution in [0.4, 0.5) is 0 Å². The summed E-state index contributed by atoms with van der Waals surface area (Å²) in [7, 11) is -3.75. The molecule has 0 aliphatic heterocycles. The second kappa shape index (κ2) is 6.16. The number of hydrogen-bond acceptors (Lipinski definition) is 4. The number of nitrogens with one attached hydrogen (secondary N) is 2. The summed E-state index contributed by atoms with van der Waals surface area (Å²) >= 11 is 0. The van der Waals surface area contributed by atoms with Gasteiger partial charge < -0.3 is 4.42 Å². The highest BCUT2D eigenvalue weighted by atomic mass is 32.2. The minimum atomic E-state index is -3.75. The summed E-state index contributed by atoms with van der Waals surface area (Å²) in [4.78, 5) is 13.8. The van der Waals surface area contributed by atoms with Crippen molar-refractivity contribution >= 4 is 21.1 Å². The molecule has 1 aromatic heterocycles. The molecule has 0 radical (unpaired) electrons. The molecule has 132 valence electrons. The van der Waals surface area contributed by atoms with Crippen LogP contribution < -0.4 is 10.5 Å². The van der Waals surface area contributed by atoms with E-state index >= 15 is 0 Å². The minimum absolute atomic E-state index is 0.0553. The Labute approximate surface area is 145 Å². The molecule has 2 aromatic carbocycles. The van der Waals surface area contributed by atoms with Gasteiger partial charge in [-0.1, -0.05) is 29.8 Å². The molecule has 6 nitrogen and oxygen atoms in total. The number of H-pyrrole nitrogens is 1. The Bertz CT molecular complexity index is 1060. The van der Waals surface area contributed by atoms with Gasteiger partial charge >= 0.3 is 5.76 Å². The van der Waals surface area contributed by atoms with E-state index in [1.165, 1.54) is 18.2 Å². The van der Waals surface area contributed by atoms with Gasteiger partial charge in [0, 0.05) is 11.6 Å². The molecule has 3 rings (SSSR count). The lowest BCUT2D eigenvalue weighted by atomic mass is 9.96. The number of aromatic nitrogens is 1. The number of rotatable bonds is 5. The molecule has 0 amide bonds. The fraction of sp³-hybridized carbons (Fsp3) is 0.278. The van der Waals surface area contributed by atoms with Crippen molar-refractivity contribution in [3.05, 3.63) is 64.1 Å². The number of benzene rings is 2. The molecule has 0 unspecified atom stereocenters. The van der Waals surface area contributed by atoms with Crippen molar-refractivity contribution in [1.82, 2.24) is 9.71 Å². The van der Waals surface area contributed by atoms with Crippen LogP contribution in [0.2, 0.25) is 0 Å². The lowest BCUT2D eigenvalue weighted by Crippen LogP contribution is -2.44. The first kappa shape index (κ1) is 17.4. The van der Waals surface area contributed by atoms with Crippen molar-refractivity contribution < 1.29 is 12.8 Å². The van der Waals surface area contributed by atoms with E-state index in [2.05, 4.69) is 9.71 Å². The van der Waals surface area contributed by atoms with Gasteiger partial charge in [-0.05, 0) is 44.9 Å². The largest absolute Gasteiger partial charge is 0.417 e. The standard InChI is InChI=1S/C18H20N2O4S/c1-12-4-6-13(7-5-12)11-18(2,3)20-25(22,23)14-8-9-15-16(10-14)24-17(21)19-15/h4-10,20H,11H2,1-3H3,(H,19,21). The molecule has 0 spiro atoms. The van der Waals surface area contributed by atoms with Gasteiger partial charge in [0.05, 0.1) is 10.4 Å². The van der Waals surface area contributed by atoms with E-state index in [1.54, 1.807) is 0 Å². The Morgan fingerprint density at radius 2 is 1.80 bits per heavy atom. The third-order valence-electron chi connectivity index (χ3n) is 3.88. The molecular weight excluding hydrogens is 340 g/mol. The highest BCUT2D eigenvalue weighted by Gasteiger charge is 2.27. The van der Waals surface area contributed by atoms with Gasteiger partial charge in [-0.3, -0.25) is 4.98 Å². The normalized spacial score (nSPS) is 12.6. The topological polar surface area (TPSA) is 92.2 Å². The van der Waals surface area contributed by atoms with Crippen molar-refractivity contribution in [3.63, 3.8) is 0 Å². The highest BCUT2D eigenvalue weighted by molar-refractivity contribution is 7.89. The van der Waals surface area contributed by atoms with Gasteiger partial charge in [-0.15, -0.1) is 0 Å². The molecular formula is C18H20N2O4S. The molecule has 3 aromatic rings. The maximum Gasteiger partial charge on any atom is 0.417 e. The van der Waals surface area contributed by atoms with Crippen molar-refractivity contribution in [2.45, 2.75) is 37.6 Å². The van der Waals surface area contributed by atoms with Crippen molar-refractivity contribution in [3.8, 4) is 0 Å². The maximum atomic E-state index is 12.7. The van der Waals surface area contributed by atoms with Crippen LogP contribution in [0.5, 0.6) is 0 Å². The van der Waals surface area contributed by atoms with Crippen LogP contribution in [-0.2, 0) is 16.4 Å². The fourth-order valence-corrected chi connectivity index (χ4v) is 4.19. The molecule has 0 saturated carbocycles. The highest BCUT2D eigenvalue weighted by Crippen LogP contribution is 2.20. The van der Waals surface area contributed by atoms with Crippen molar-refractivity contribution in [2.24, 2.45) is 0 Å². The van der Waals surface area contributed by atoms with E-state index in [9.17, 15) is 13.2 Å². The predicted molar refractivity (Wildman–Crippen MR) is 96.1 cm³/mol. The minimum Gasteiger partial charge on any atom is -0.408 e. The zero-order valence-electron chi connectivity index (χ0n) is 14.3. The maximum absolute atomic E-state index is 12.7. The SMILES string of the molecule is Cc1ccc(CC(C)(C)NS(=O)(=O)c2ccc3[nH]c(=O)oc3c2)cc1. The van der Waals surface area contributed by atoms with Gasteiger partial charge in [0.25, 0.3) is 0 Å². The number of aryl methyl sites for hydroxylation is 1. The van der Waals surface area contributed by atoms with Crippen LogP contribution in [0, 0.1) is 6.92 Å². The third-order valence-corrected chi connectivity index (χ3v) is 5.58. The van der Waals surface area contributed by atoms with Gasteiger partial charge in [-0.2, -0.15) is 0 Å². The van der Waals surface area contributed by atoms with Crippen LogP contribution in [0.1, 0.15) is 25.0 Å². The van der Waals surface area contributed by atoms with Gasteiger partial charge in [-0.25, -0.2) is 17.9 Å². The summed E-state index contributed by atoms with van der Waals surface area (Å²) < 4.78 is 33.1. The van der Waals surface area contributed by atoms with Crippen molar-refractivity contribution in [1.29, 1.82) is 0 Å². The Balaban J connectivity index is 1.85. The Morgan fingerprint density at radius 1 is 1.12 bits per heavy atom. The van der Waals surface area contributed by atoms with Crippen molar-refractivity contribution in [2.75, 3.05) is 0 Å². The third kappa shape index (κ3) is 4.00. The first-order chi connectivity index (χ1) is 11.6. The first-order valence-electron chi connectivity index (χ1n) is 7.87. The number of sulfonamides is 1. The van der Waals surface area contributed by atoms with E-state index in [-0.39, 0.29) is 10.5 Å². The molecule has 0 bridgehead atoms. The van der Waals surface area contributed by atoms with Gasteiger partial charge in [0.15, 0.2) is 5.58 Å². The summed E-state index contributed by atoms with van der Waals surface area (Å²) in [5, 5.41) is 0. The predicted octanol–water partition coefficient (Wildman–Crippen LogP) is 2.73. The zero-order valence-corrected chi connectivity index (χ0v) is 15.1. The Morgan fingerprint density at radius 3 is 2.48 bits per heavy atom. The summed E-state index contributed by atoms with van der Waals surface area (Å²) in [6, 6.07) is 12.3. The fourth-order valence-electron chi connectivity index (χ4n) is 2.77. The van der Waals surface area contributed by atoms with Crippen LogP contribution >= 0.6 is 0 Å². The lowest BCUT2D eigenvalue weighted by molar-refractivity contribution is 0.450. The Hall–Kier alpha value is -2.38. The summed E-state index contributed by atoms with van der Waals surface area (Å²) in [5.74, 6) is -0.614. The van der Waals surface area contributed by atoms with Gasteiger partial charge in [0.2, 0.25) is 10.0 Å². The van der Waals surface area contributed by atoms with Crippen LogP contribution in [-0.4, -0.2) is 18.9 Å². The number of oxazole rings is 1. The average Bonchev–Trinajstić information content (AvgIpc) is 2.87. The molecule has 2 N–H and O–H groups in total. The number of aromatic amines is 1. The van der Waals surface area contributed by atoms with E-state index in [1.807, 2.05) is 45.0 Å². The quantitative estimate of drug-likeness (QED) is 0.732. The molecule has 7 heteroatoms. The zero-order chi connectivity index (χ0) is 18.2. The van der Waals surface area contributed by atoms with Crippen LogP contribution in [0.15, 0.2) is 56.6 Å². The summed E-state index contributed by atoms with van der Waals surface area (Å²) in [6.07, 6.45) is 0.550. The first-order valence-corrected chi connectivity index (χ1v) is 9.35. The van der Waals surface area contributed by atoms with E-state index in [0.29, 0.717) is 11.9 Å². The molecule has 0 aliphatic carbocycles. The molecule has 25 heavy (non-hydrogen) atoms. The molecule has 0 atom stereocenters. The van der Waals surface area contributed by atoms with Gasteiger partial charge in [0.1, 0.15) is 0 Å². The molecule has 0 aliphatic rings. The summed E-state index contributed by atoms with van der Waals surface area (Å²) in [6.45, 7) is 5.67. The average molecular weight is 360 g/mol. The molecule has 0 fully saturated rings. The Kier molecular flexibility index (Phi) is 4.30. The second-order valence-corrected chi connectivity index (χ2v) is 8.51. The summed E-state index contributed by atoms with van der Waals surface area (Å²) in [5.41, 5.74) is 2.20. The molecule has 1 heterocycles. The smallest absolute Gasteiger partial charge is 0.408 e. The lowest BCUT2D eigenvalue weighted by Gasteiger charge is -2.26. The van der Waals surface area contributed by atoms with E-state index < -0.39 is 21.3 Å². The van der Waals surface area contributed by atoms with Crippen LogP contribution in [0.3, 0.4) is 0 Å². The number of fused-ring (bicyclic) bond motifs is 1. The van der Waals surface area contributed by atoms with E-state index in [4.69, 9.17) is 4.42 Å². The molecule has 0 saturated heterocycles. The monoisotopic (exact) mass is 360 g/mol. The van der Waals surface area contributed by atoms with Crippen LogP contribution in [0.25, 0.3) is 11.1 Å². The number of hydrogen-bond donors (Lipinski definition) is 2.